The van der Waals surface area contributed by atoms with E-state index < -0.39 is 42.3 Å². The van der Waals surface area contributed by atoms with Gasteiger partial charge in [0.15, 0.2) is 16.5 Å². The van der Waals surface area contributed by atoms with Crippen LogP contribution in [0.25, 0.3) is 0 Å². The van der Waals surface area contributed by atoms with Gasteiger partial charge in [-0.3, -0.25) is 4.57 Å². The van der Waals surface area contributed by atoms with E-state index in [1.165, 1.54) is 0 Å². The second kappa shape index (κ2) is 6.08. The Bertz CT molecular complexity index is 932. The van der Waals surface area contributed by atoms with E-state index in [-0.39, 0.29) is 16.5 Å². The highest BCUT2D eigenvalue weighted by atomic mass is 31.2. The summed E-state index contributed by atoms with van der Waals surface area (Å²) in [6.07, 6.45) is 0. The first-order valence-electron chi connectivity index (χ1n) is 6.84. The molecule has 0 aliphatic carbocycles. The van der Waals surface area contributed by atoms with Crippen LogP contribution in [0.2, 0.25) is 0 Å². The van der Waals surface area contributed by atoms with Gasteiger partial charge >= 0.3 is 17.9 Å². The third kappa shape index (κ3) is 2.72. The Morgan fingerprint density at radius 3 is 1.08 bits per heavy atom. The fraction of sp³-hybridized carbons (Fsp3) is 0. The zero-order valence-corrected chi connectivity index (χ0v) is 13.5. The van der Waals surface area contributed by atoms with E-state index >= 15 is 0 Å². The zero-order valence-electron chi connectivity index (χ0n) is 12.6. The van der Waals surface area contributed by atoms with Crippen LogP contribution in [-0.2, 0) is 4.57 Å². The van der Waals surface area contributed by atoms with Crippen molar-refractivity contribution in [1.29, 1.82) is 0 Å². The molecule has 3 aromatic rings. The summed E-state index contributed by atoms with van der Waals surface area (Å²) in [5, 5.41) is 26.9. The summed E-state index contributed by atoms with van der Waals surface area (Å²) in [7, 11) is -4.12. The van der Waals surface area contributed by atoms with E-state index in [4.69, 9.17) is 28.6 Å². The van der Waals surface area contributed by atoms with Gasteiger partial charge in [-0.2, -0.15) is 0 Å². The first-order chi connectivity index (χ1) is 12.2. The minimum atomic E-state index is -4.12. The van der Waals surface area contributed by atoms with Crippen molar-refractivity contribution in [1.82, 2.24) is 0 Å². The number of carboxylic acids is 3. The molecule has 0 aliphatic heterocycles. The van der Waals surface area contributed by atoms with Crippen molar-refractivity contribution < 1.29 is 47.5 Å². The molecule has 0 amide bonds. The minimum absolute atomic E-state index is 0.368. The van der Waals surface area contributed by atoms with Gasteiger partial charge in [0.2, 0.25) is 17.3 Å². The number of hydrogen-bond donors (Lipinski definition) is 3. The molecule has 0 bridgehead atoms. The molecule has 26 heavy (non-hydrogen) atoms. The van der Waals surface area contributed by atoms with Crippen molar-refractivity contribution in [3.8, 4) is 0 Å². The molecule has 3 aromatic heterocycles. The topological polar surface area (TPSA) is 168 Å². The van der Waals surface area contributed by atoms with Gasteiger partial charge in [0.25, 0.3) is 7.14 Å². The van der Waals surface area contributed by atoms with E-state index in [9.17, 15) is 18.9 Å². The molecule has 11 heteroatoms. The number of carbonyl (C=O) groups is 3. The number of carboxylic acid groups (broad SMARTS) is 3. The molecular formula is C15H9O10P. The monoisotopic (exact) mass is 380 g/mol. The smallest absolute Gasteiger partial charge is 0.371 e. The Hall–Kier alpha value is -3.52. The molecule has 3 heterocycles. The molecule has 0 aliphatic rings. The number of aromatic carboxylic acids is 3. The maximum atomic E-state index is 13.7. The van der Waals surface area contributed by atoms with Gasteiger partial charge in [-0.25, -0.2) is 14.4 Å². The van der Waals surface area contributed by atoms with Gasteiger partial charge in [-0.15, -0.1) is 0 Å². The molecule has 3 rings (SSSR count). The molecule has 0 atom stereocenters. The quantitative estimate of drug-likeness (QED) is 0.528. The summed E-state index contributed by atoms with van der Waals surface area (Å²) in [5.41, 5.74) is -1.10. The van der Waals surface area contributed by atoms with Gasteiger partial charge in [0, 0.05) is 0 Å². The van der Waals surface area contributed by atoms with Gasteiger partial charge in [-0.1, -0.05) is 0 Å². The molecular weight excluding hydrogens is 371 g/mol. The van der Waals surface area contributed by atoms with Crippen LogP contribution in [0.5, 0.6) is 0 Å². The predicted molar refractivity (Wildman–Crippen MR) is 83.5 cm³/mol. The Labute approximate surface area is 143 Å². The SMILES string of the molecule is O=C(O)c1ccc(P(=O)(c2ccc(C(=O)O)o2)c2ccc(C(=O)O)o2)o1. The first-order valence-corrected chi connectivity index (χ1v) is 8.55. The Kier molecular flexibility index (Phi) is 4.05. The summed E-state index contributed by atoms with van der Waals surface area (Å²) >= 11 is 0. The molecule has 0 aromatic carbocycles. The van der Waals surface area contributed by atoms with Crippen molar-refractivity contribution in [2.45, 2.75) is 0 Å². The average molecular weight is 380 g/mol. The van der Waals surface area contributed by atoms with Crippen LogP contribution in [0.15, 0.2) is 49.6 Å². The van der Waals surface area contributed by atoms with Crippen molar-refractivity contribution in [2.75, 3.05) is 0 Å². The molecule has 0 radical (unpaired) electrons. The molecule has 10 nitrogen and oxygen atoms in total. The fourth-order valence-electron chi connectivity index (χ4n) is 2.16. The second-order valence-corrected chi connectivity index (χ2v) is 7.48. The Morgan fingerprint density at radius 1 is 0.615 bits per heavy atom. The minimum Gasteiger partial charge on any atom is -0.475 e. The van der Waals surface area contributed by atoms with Crippen molar-refractivity contribution in [2.24, 2.45) is 0 Å². The molecule has 0 saturated carbocycles. The van der Waals surface area contributed by atoms with E-state index in [1.54, 1.807) is 0 Å². The molecule has 0 fully saturated rings. The van der Waals surface area contributed by atoms with Crippen LogP contribution in [0, 0.1) is 0 Å². The maximum Gasteiger partial charge on any atom is 0.371 e. The highest BCUT2D eigenvalue weighted by Gasteiger charge is 2.41. The third-order valence-electron chi connectivity index (χ3n) is 3.34. The summed E-state index contributed by atoms with van der Waals surface area (Å²) in [4.78, 5) is 33.0. The van der Waals surface area contributed by atoms with Crippen LogP contribution in [0.4, 0.5) is 0 Å². The fourth-order valence-corrected chi connectivity index (χ4v) is 4.35. The molecule has 0 unspecified atom stereocenters. The van der Waals surface area contributed by atoms with Crippen molar-refractivity contribution >= 4 is 41.6 Å². The van der Waals surface area contributed by atoms with Gasteiger partial charge in [0.1, 0.15) is 0 Å². The maximum absolute atomic E-state index is 13.7. The summed E-state index contributed by atoms with van der Waals surface area (Å²) < 4.78 is 28.9. The second-order valence-electron chi connectivity index (χ2n) is 4.94. The Morgan fingerprint density at radius 2 is 0.885 bits per heavy atom. The largest absolute Gasteiger partial charge is 0.475 e. The summed E-state index contributed by atoms with van der Waals surface area (Å²) in [5.74, 6) is -5.81. The highest BCUT2D eigenvalue weighted by Crippen LogP contribution is 2.44. The third-order valence-corrected chi connectivity index (χ3v) is 5.92. The normalized spacial score (nSPS) is 11.4. The highest BCUT2D eigenvalue weighted by molar-refractivity contribution is 7.84. The van der Waals surface area contributed by atoms with Crippen molar-refractivity contribution in [3.05, 3.63) is 53.7 Å². The van der Waals surface area contributed by atoms with Gasteiger partial charge < -0.3 is 28.6 Å². The van der Waals surface area contributed by atoms with Gasteiger partial charge in [-0.05, 0) is 36.4 Å². The van der Waals surface area contributed by atoms with Crippen LogP contribution < -0.4 is 16.5 Å². The molecule has 3 N–H and O–H groups in total. The Balaban J connectivity index is 2.22. The lowest BCUT2D eigenvalue weighted by molar-refractivity contribution is 0.0655. The van der Waals surface area contributed by atoms with E-state index in [2.05, 4.69) is 0 Å². The van der Waals surface area contributed by atoms with E-state index in [1.807, 2.05) is 0 Å². The van der Waals surface area contributed by atoms with Crippen molar-refractivity contribution in [3.63, 3.8) is 0 Å². The zero-order chi connectivity index (χ0) is 19.1. The lowest BCUT2D eigenvalue weighted by Crippen LogP contribution is -2.22. The van der Waals surface area contributed by atoms with Crippen LogP contribution >= 0.6 is 7.14 Å². The lowest BCUT2D eigenvalue weighted by Gasteiger charge is -2.10. The predicted octanol–water partition coefficient (Wildman–Crippen LogP) is 1.20. The molecule has 0 spiro atoms. The number of furan rings is 3. The van der Waals surface area contributed by atoms with Crippen LogP contribution in [0.1, 0.15) is 31.7 Å². The average Bonchev–Trinajstić information content (AvgIpc) is 3.33. The van der Waals surface area contributed by atoms with Crippen LogP contribution in [-0.4, -0.2) is 33.2 Å². The molecule has 0 saturated heterocycles. The first kappa shape index (κ1) is 17.3. The lowest BCUT2D eigenvalue weighted by atomic mass is 10.5. The van der Waals surface area contributed by atoms with Gasteiger partial charge in [0.05, 0.1) is 0 Å². The summed E-state index contributed by atoms with van der Waals surface area (Å²) in [6.45, 7) is 0. The van der Waals surface area contributed by atoms with E-state index in [0.717, 1.165) is 36.4 Å². The number of hydrogen-bond acceptors (Lipinski definition) is 7. The van der Waals surface area contributed by atoms with E-state index in [0.29, 0.717) is 0 Å². The molecule has 134 valence electrons. The summed E-state index contributed by atoms with van der Waals surface area (Å²) in [6, 6.07) is 6.47. The number of rotatable bonds is 6. The van der Waals surface area contributed by atoms with Crippen LogP contribution in [0.3, 0.4) is 0 Å². The standard InChI is InChI=1S/C15H9O10P/c16-13(17)7-1-4-10(23-7)26(22,11-5-2-8(24-11)14(18)19)12-6-3-9(25-12)15(20)21/h1-6H,(H,16,17)(H,18,19)(H,20,21).